The van der Waals surface area contributed by atoms with Crippen LogP contribution < -0.4 is 5.32 Å². The van der Waals surface area contributed by atoms with E-state index in [1.807, 2.05) is 60.7 Å². The number of aliphatic hydroxyl groups excluding tert-OH is 1. The predicted octanol–water partition coefficient (Wildman–Crippen LogP) is 5.73. The average molecular weight is 622 g/mol. The molecule has 2 N–H and O–H groups in total. The monoisotopic (exact) mass is 621 g/mol. The van der Waals surface area contributed by atoms with Crippen molar-refractivity contribution in [3.05, 3.63) is 101 Å². The minimum atomic E-state index is -0.556. The molecule has 46 heavy (non-hydrogen) atoms. The number of ether oxygens (including phenoxy) is 2. The summed E-state index contributed by atoms with van der Waals surface area (Å²) in [5.74, 6) is -0.184. The first-order valence-electron chi connectivity index (χ1n) is 16.6. The Morgan fingerprint density at radius 1 is 0.891 bits per heavy atom. The predicted molar refractivity (Wildman–Crippen MR) is 177 cm³/mol. The van der Waals surface area contributed by atoms with E-state index < -0.39 is 6.29 Å². The number of amides is 1. The molecule has 0 spiro atoms. The Labute approximate surface area is 270 Å². The molecule has 4 aromatic rings. The van der Waals surface area contributed by atoms with Gasteiger partial charge in [0.05, 0.1) is 36.0 Å². The number of carbonyl (C=O) groups is 1. The van der Waals surface area contributed by atoms with Crippen molar-refractivity contribution in [3.8, 4) is 0 Å². The number of nitrogens with zero attached hydrogens (tertiary/aromatic N) is 4. The number of aliphatic hydroxyl groups is 1. The molecule has 0 radical (unpaired) electrons. The minimum absolute atomic E-state index is 0.0133. The fourth-order valence-corrected chi connectivity index (χ4v) is 7.15. The quantitative estimate of drug-likeness (QED) is 0.245. The van der Waals surface area contributed by atoms with Gasteiger partial charge in [-0.3, -0.25) is 14.7 Å². The summed E-state index contributed by atoms with van der Waals surface area (Å²) >= 11 is 0. The number of fused-ring (bicyclic) bond motifs is 1. The Kier molecular flexibility index (Phi) is 9.37. The topological polar surface area (TPSA) is 100 Å². The zero-order valence-electron chi connectivity index (χ0n) is 26.4. The maximum absolute atomic E-state index is 13.0. The van der Waals surface area contributed by atoms with Gasteiger partial charge in [-0.2, -0.15) is 0 Å². The summed E-state index contributed by atoms with van der Waals surface area (Å²) in [6.45, 7) is 7.78. The number of hydrogen-bond acceptors (Lipinski definition) is 8. The Morgan fingerprint density at radius 2 is 1.63 bits per heavy atom. The summed E-state index contributed by atoms with van der Waals surface area (Å²) < 4.78 is 13.5. The molecule has 3 fully saturated rings. The Balaban J connectivity index is 1.08. The molecule has 3 aliphatic heterocycles. The highest BCUT2D eigenvalue weighted by Crippen LogP contribution is 2.42. The van der Waals surface area contributed by atoms with Crippen molar-refractivity contribution in [1.29, 1.82) is 0 Å². The molecule has 1 amide bonds. The third-order valence-electron chi connectivity index (χ3n) is 9.83. The lowest BCUT2D eigenvalue weighted by atomic mass is 9.90. The number of aromatic nitrogens is 2. The van der Waals surface area contributed by atoms with Crippen molar-refractivity contribution in [1.82, 2.24) is 19.8 Å². The van der Waals surface area contributed by atoms with Crippen LogP contribution >= 0.6 is 0 Å². The number of hydrogen-bond donors (Lipinski definition) is 2. The van der Waals surface area contributed by atoms with E-state index >= 15 is 0 Å². The van der Waals surface area contributed by atoms with E-state index in [2.05, 4.69) is 44.1 Å². The summed E-state index contributed by atoms with van der Waals surface area (Å²) in [6, 6.07) is 23.8. The maximum Gasteiger partial charge on any atom is 0.275 e. The summed E-state index contributed by atoms with van der Waals surface area (Å²) in [5, 5.41) is 12.5. The van der Waals surface area contributed by atoms with Crippen LogP contribution in [-0.4, -0.2) is 75.7 Å². The summed E-state index contributed by atoms with van der Waals surface area (Å²) in [5.41, 5.74) is 5.20. The second-order valence-corrected chi connectivity index (χ2v) is 12.9. The maximum atomic E-state index is 13.0. The van der Waals surface area contributed by atoms with E-state index in [4.69, 9.17) is 9.47 Å². The number of likely N-dealkylation sites (tertiary alicyclic amines) is 2. The summed E-state index contributed by atoms with van der Waals surface area (Å²) in [4.78, 5) is 27.1. The van der Waals surface area contributed by atoms with Crippen LogP contribution in [0.4, 0.5) is 5.69 Å². The van der Waals surface area contributed by atoms with Gasteiger partial charge in [0.25, 0.3) is 5.91 Å². The zero-order valence-corrected chi connectivity index (χ0v) is 26.4. The standard InChI is InChI=1S/C37H43N5O4/c1-25-34(23-42-20-6-7-30(42)22-41-18-4-5-19-41)45-37(46-35(25)27-12-10-26(24-43)11-13-27)28-14-16-29(17-15-28)39-36(44)33-21-38-31-8-2-3-9-32(31)40-33/h2-3,8-17,21,25,30,34-35,37,43H,4-7,18-20,22-24H2,1H3,(H,39,44)/t25-,30-,34+,35+,37+/m0/s1. The number of nitrogens with one attached hydrogen (secondary N) is 1. The molecule has 240 valence electrons. The Hall–Kier alpha value is -3.73. The van der Waals surface area contributed by atoms with Crippen molar-refractivity contribution in [3.63, 3.8) is 0 Å². The highest BCUT2D eigenvalue weighted by atomic mass is 16.7. The van der Waals surface area contributed by atoms with Crippen LogP contribution in [0.2, 0.25) is 0 Å². The van der Waals surface area contributed by atoms with Gasteiger partial charge in [0.1, 0.15) is 5.69 Å². The summed E-state index contributed by atoms with van der Waals surface area (Å²) in [7, 11) is 0. The molecule has 9 nitrogen and oxygen atoms in total. The molecule has 3 aromatic carbocycles. The van der Waals surface area contributed by atoms with E-state index in [1.165, 1.54) is 45.0 Å². The number of anilines is 1. The van der Waals surface area contributed by atoms with Gasteiger partial charge in [-0.15, -0.1) is 0 Å². The Bertz CT molecular complexity index is 1630. The lowest BCUT2D eigenvalue weighted by Gasteiger charge is -2.43. The van der Waals surface area contributed by atoms with E-state index in [0.717, 1.165) is 41.8 Å². The second kappa shape index (κ2) is 13.9. The largest absolute Gasteiger partial charge is 0.392 e. The van der Waals surface area contributed by atoms with Gasteiger partial charge in [0.2, 0.25) is 0 Å². The van der Waals surface area contributed by atoms with E-state index in [-0.39, 0.29) is 36.3 Å². The molecule has 9 heteroatoms. The lowest BCUT2D eigenvalue weighted by molar-refractivity contribution is -0.276. The molecular formula is C37H43N5O4. The Morgan fingerprint density at radius 3 is 2.39 bits per heavy atom. The average Bonchev–Trinajstić information content (AvgIpc) is 3.78. The molecule has 0 aliphatic carbocycles. The van der Waals surface area contributed by atoms with Crippen molar-refractivity contribution < 1.29 is 19.4 Å². The third-order valence-corrected chi connectivity index (χ3v) is 9.83. The van der Waals surface area contributed by atoms with E-state index in [0.29, 0.717) is 17.2 Å². The molecule has 0 bridgehead atoms. The molecular weight excluding hydrogens is 578 g/mol. The normalized spacial score (nSPS) is 25.7. The van der Waals surface area contributed by atoms with Gasteiger partial charge >= 0.3 is 0 Å². The highest BCUT2D eigenvalue weighted by Gasteiger charge is 2.40. The fourth-order valence-electron chi connectivity index (χ4n) is 7.15. The molecule has 5 atom stereocenters. The smallest absolute Gasteiger partial charge is 0.275 e. The van der Waals surface area contributed by atoms with Crippen molar-refractivity contribution in [2.75, 3.05) is 38.0 Å². The molecule has 0 saturated carbocycles. The molecule has 7 rings (SSSR count). The van der Waals surface area contributed by atoms with E-state index in [1.54, 1.807) is 0 Å². The van der Waals surface area contributed by atoms with Crippen LogP contribution in [0.25, 0.3) is 11.0 Å². The van der Waals surface area contributed by atoms with Gasteiger partial charge in [-0.05, 0) is 80.7 Å². The molecule has 3 aliphatic rings. The SMILES string of the molecule is C[C@H]1[C@@H](CN2CCC[C@H]2CN2CCCC2)O[C@@H](c2ccc(NC(=O)c3cnc4ccccc4n3)cc2)O[C@H]1c1ccc(CO)cc1. The third kappa shape index (κ3) is 6.84. The van der Waals surface area contributed by atoms with E-state index in [9.17, 15) is 9.90 Å². The first-order chi connectivity index (χ1) is 22.5. The van der Waals surface area contributed by atoms with Gasteiger partial charge in [-0.1, -0.05) is 55.5 Å². The fraction of sp³-hybridized carbons (Fsp3) is 0.432. The van der Waals surface area contributed by atoms with Crippen molar-refractivity contribution >= 4 is 22.6 Å². The molecule has 1 aromatic heterocycles. The minimum Gasteiger partial charge on any atom is -0.392 e. The zero-order chi connectivity index (χ0) is 31.5. The van der Waals surface area contributed by atoms with Crippen LogP contribution in [0.5, 0.6) is 0 Å². The van der Waals surface area contributed by atoms with Gasteiger partial charge < -0.3 is 24.8 Å². The number of para-hydroxylation sites is 2. The number of carbonyl (C=O) groups excluding carboxylic acids is 1. The molecule has 4 heterocycles. The van der Waals surface area contributed by atoms with Gasteiger partial charge in [0, 0.05) is 36.3 Å². The first kappa shape index (κ1) is 30.9. The van der Waals surface area contributed by atoms with Crippen LogP contribution in [0, 0.1) is 5.92 Å². The van der Waals surface area contributed by atoms with Gasteiger partial charge in [-0.25, -0.2) is 4.98 Å². The van der Waals surface area contributed by atoms with Crippen LogP contribution in [0.15, 0.2) is 79.0 Å². The van der Waals surface area contributed by atoms with Crippen LogP contribution in [0.1, 0.15) is 72.2 Å². The number of rotatable bonds is 9. The van der Waals surface area contributed by atoms with Crippen molar-refractivity contribution in [2.45, 2.75) is 63.8 Å². The van der Waals surface area contributed by atoms with Crippen molar-refractivity contribution in [2.24, 2.45) is 5.92 Å². The number of benzene rings is 3. The second-order valence-electron chi connectivity index (χ2n) is 12.9. The van der Waals surface area contributed by atoms with Crippen LogP contribution in [-0.2, 0) is 16.1 Å². The van der Waals surface area contributed by atoms with Gasteiger partial charge in [0.15, 0.2) is 6.29 Å². The lowest BCUT2D eigenvalue weighted by Crippen LogP contribution is -2.48. The highest BCUT2D eigenvalue weighted by molar-refractivity contribution is 6.03. The first-order valence-corrected chi connectivity index (χ1v) is 16.6. The molecule has 0 unspecified atom stereocenters. The molecule has 3 saturated heterocycles. The summed E-state index contributed by atoms with van der Waals surface area (Å²) in [6.07, 6.45) is 5.84. The van der Waals surface area contributed by atoms with Crippen LogP contribution in [0.3, 0.4) is 0 Å².